The van der Waals surface area contributed by atoms with E-state index in [1.54, 1.807) is 37.4 Å². The molecule has 146 valence electrons. The fourth-order valence-electron chi connectivity index (χ4n) is 3.23. The summed E-state index contributed by atoms with van der Waals surface area (Å²) in [7, 11) is -3.87. The van der Waals surface area contributed by atoms with Crippen LogP contribution in [0.4, 0.5) is 0 Å². The second kappa shape index (κ2) is 7.69. The van der Waals surface area contributed by atoms with E-state index in [0.29, 0.717) is 23.2 Å². The molecule has 0 aliphatic heterocycles. The third-order valence-electron chi connectivity index (χ3n) is 5.11. The number of pyridine rings is 1. The van der Waals surface area contributed by atoms with Gasteiger partial charge in [0, 0.05) is 23.7 Å². The predicted octanol–water partition coefficient (Wildman–Crippen LogP) is 3.09. The molecule has 28 heavy (non-hydrogen) atoms. The summed E-state index contributed by atoms with van der Waals surface area (Å²) in [5, 5.41) is 5.55. The number of carbonyl (C=O) groups excluding carboxylic acids is 1. The molecule has 0 bridgehead atoms. The summed E-state index contributed by atoms with van der Waals surface area (Å²) in [6.45, 7) is 3.46. The van der Waals surface area contributed by atoms with E-state index in [9.17, 15) is 13.2 Å². The molecule has 0 amide bonds. The van der Waals surface area contributed by atoms with Crippen molar-refractivity contribution in [2.45, 2.75) is 31.4 Å². The lowest BCUT2D eigenvalue weighted by molar-refractivity contribution is 0.103. The molecule has 0 fully saturated rings. The van der Waals surface area contributed by atoms with Crippen LogP contribution in [0, 0.1) is 6.92 Å². The highest BCUT2D eigenvalue weighted by molar-refractivity contribution is 7.90. The highest BCUT2D eigenvalue weighted by atomic mass is 32.2. The van der Waals surface area contributed by atoms with Crippen LogP contribution < -0.4 is 5.14 Å². The lowest BCUT2D eigenvalue weighted by Crippen LogP contribution is -2.38. The number of nitrogens with two attached hydrogens (primary N) is 1. The zero-order chi connectivity index (χ0) is 20.4. The minimum absolute atomic E-state index is 0.0918. The maximum atomic E-state index is 12.7. The first kappa shape index (κ1) is 20.0. The van der Waals surface area contributed by atoms with E-state index in [0.717, 1.165) is 11.3 Å². The Hall–Kier alpha value is -2.77. The predicted molar refractivity (Wildman–Crippen MR) is 108 cm³/mol. The Bertz CT molecular complexity index is 1080. The maximum absolute atomic E-state index is 12.7. The number of hydrogen-bond acceptors (Lipinski definition) is 4. The topological polar surface area (TPSA) is 106 Å². The number of primary sulfonamides is 1. The molecule has 0 saturated carbocycles. The van der Waals surface area contributed by atoms with Crippen molar-refractivity contribution in [3.05, 3.63) is 89.0 Å². The number of sulfonamides is 1. The third kappa shape index (κ3) is 3.90. The first-order valence-corrected chi connectivity index (χ1v) is 10.5. The number of nitrogens with zero attached hydrogens (tertiary/aromatic N) is 1. The van der Waals surface area contributed by atoms with Gasteiger partial charge < -0.3 is 4.98 Å². The first-order valence-electron chi connectivity index (χ1n) is 8.93. The van der Waals surface area contributed by atoms with Gasteiger partial charge in [-0.15, -0.1) is 0 Å². The van der Waals surface area contributed by atoms with Crippen molar-refractivity contribution < 1.29 is 13.2 Å². The van der Waals surface area contributed by atoms with Gasteiger partial charge >= 0.3 is 0 Å². The van der Waals surface area contributed by atoms with Crippen molar-refractivity contribution in [2.75, 3.05) is 0 Å². The molecule has 3 N–H and O–H groups in total. The van der Waals surface area contributed by atoms with E-state index >= 15 is 0 Å². The second-order valence-corrected chi connectivity index (χ2v) is 9.06. The van der Waals surface area contributed by atoms with Gasteiger partial charge in [0.2, 0.25) is 15.8 Å². The monoisotopic (exact) mass is 397 g/mol. The smallest absolute Gasteiger partial charge is 0.218 e. The van der Waals surface area contributed by atoms with Crippen LogP contribution in [-0.2, 0) is 21.2 Å². The number of aromatic nitrogens is 2. The average molecular weight is 398 g/mol. The standard InChI is InChI=1S/C21H23N3O3S/c1-15-13-18(24-19(15)20(25)16-7-4-3-5-8-16)10-11-21(2,28(22,26)27)17-9-6-12-23-14-17/h3-9,12-14,24H,10-11H2,1-2H3,(H2,22,26,27). The van der Waals surface area contributed by atoms with E-state index in [-0.39, 0.29) is 12.2 Å². The Morgan fingerprint density at radius 1 is 1.18 bits per heavy atom. The number of rotatable bonds is 7. The molecule has 3 aromatic rings. The van der Waals surface area contributed by atoms with Crippen LogP contribution in [-0.4, -0.2) is 24.2 Å². The number of aromatic amines is 1. The summed E-state index contributed by atoms with van der Waals surface area (Å²) in [5.74, 6) is -0.0918. The average Bonchev–Trinajstić information content (AvgIpc) is 3.06. The Balaban J connectivity index is 1.85. The Kier molecular flexibility index (Phi) is 5.49. The number of benzene rings is 1. The summed E-state index contributed by atoms with van der Waals surface area (Å²) in [4.78, 5) is 19.9. The molecule has 1 unspecified atom stereocenters. The fourth-order valence-corrected chi connectivity index (χ4v) is 4.07. The molecule has 0 aliphatic carbocycles. The van der Waals surface area contributed by atoms with Crippen LogP contribution in [0.3, 0.4) is 0 Å². The number of carbonyl (C=O) groups is 1. The number of H-pyrrole nitrogens is 1. The largest absolute Gasteiger partial charge is 0.355 e. The zero-order valence-corrected chi connectivity index (χ0v) is 16.7. The van der Waals surface area contributed by atoms with E-state index in [1.165, 1.54) is 6.20 Å². The molecular weight excluding hydrogens is 374 g/mol. The second-order valence-electron chi connectivity index (χ2n) is 7.07. The van der Waals surface area contributed by atoms with E-state index in [4.69, 9.17) is 5.14 Å². The lowest BCUT2D eigenvalue weighted by atomic mass is 9.95. The van der Waals surface area contributed by atoms with Crippen LogP contribution in [0.25, 0.3) is 0 Å². The molecule has 0 saturated heterocycles. The van der Waals surface area contributed by atoms with Gasteiger partial charge in [-0.05, 0) is 49.9 Å². The van der Waals surface area contributed by atoms with Gasteiger partial charge in [0.25, 0.3) is 0 Å². The molecule has 7 heteroatoms. The van der Waals surface area contributed by atoms with E-state index in [1.807, 2.05) is 31.2 Å². The number of ketones is 1. The summed E-state index contributed by atoms with van der Waals surface area (Å²) >= 11 is 0. The first-order chi connectivity index (χ1) is 13.2. The lowest BCUT2D eigenvalue weighted by Gasteiger charge is -2.27. The quantitative estimate of drug-likeness (QED) is 0.598. The van der Waals surface area contributed by atoms with Crippen LogP contribution in [0.5, 0.6) is 0 Å². The van der Waals surface area contributed by atoms with Gasteiger partial charge in [-0.2, -0.15) is 0 Å². The summed E-state index contributed by atoms with van der Waals surface area (Å²) in [6.07, 6.45) is 3.79. The zero-order valence-electron chi connectivity index (χ0n) is 15.8. The normalized spacial score (nSPS) is 13.8. The number of nitrogens with one attached hydrogen (secondary N) is 1. The van der Waals surface area contributed by atoms with Gasteiger partial charge in [-0.1, -0.05) is 36.4 Å². The van der Waals surface area contributed by atoms with Crippen molar-refractivity contribution in [3.8, 4) is 0 Å². The number of hydrogen-bond donors (Lipinski definition) is 2. The molecule has 2 heterocycles. The Morgan fingerprint density at radius 3 is 2.50 bits per heavy atom. The molecular formula is C21H23N3O3S. The summed E-state index contributed by atoms with van der Waals surface area (Å²) in [5.41, 5.74) is 3.27. The van der Waals surface area contributed by atoms with Gasteiger partial charge in [0.15, 0.2) is 0 Å². The highest BCUT2D eigenvalue weighted by Crippen LogP contribution is 2.33. The highest BCUT2D eigenvalue weighted by Gasteiger charge is 2.38. The van der Waals surface area contributed by atoms with E-state index < -0.39 is 14.8 Å². The van der Waals surface area contributed by atoms with Crippen LogP contribution >= 0.6 is 0 Å². The van der Waals surface area contributed by atoms with Crippen molar-refractivity contribution in [1.82, 2.24) is 9.97 Å². The molecule has 2 aromatic heterocycles. The SMILES string of the molecule is Cc1cc(CCC(C)(c2cccnc2)S(N)(=O)=O)[nH]c1C(=O)c1ccccc1. The van der Waals surface area contributed by atoms with Crippen LogP contribution in [0.2, 0.25) is 0 Å². The molecule has 1 atom stereocenters. The molecule has 0 aliphatic rings. The Morgan fingerprint density at radius 2 is 1.89 bits per heavy atom. The van der Waals surface area contributed by atoms with Crippen LogP contribution in [0.1, 0.15) is 46.2 Å². The van der Waals surface area contributed by atoms with Gasteiger partial charge in [-0.25, -0.2) is 13.6 Å². The molecule has 1 aromatic carbocycles. The van der Waals surface area contributed by atoms with Crippen molar-refractivity contribution in [2.24, 2.45) is 5.14 Å². The summed E-state index contributed by atoms with van der Waals surface area (Å²) in [6, 6.07) is 14.3. The Labute approximate surface area is 164 Å². The van der Waals surface area contributed by atoms with Gasteiger partial charge in [-0.3, -0.25) is 9.78 Å². The summed E-state index contributed by atoms with van der Waals surface area (Å²) < 4.78 is 23.4. The molecule has 3 rings (SSSR count). The number of aryl methyl sites for hydroxylation is 2. The minimum Gasteiger partial charge on any atom is -0.355 e. The van der Waals surface area contributed by atoms with Crippen LogP contribution in [0.15, 0.2) is 60.9 Å². The molecule has 6 nitrogen and oxygen atoms in total. The third-order valence-corrected chi connectivity index (χ3v) is 6.80. The van der Waals surface area contributed by atoms with Crippen molar-refractivity contribution in [1.29, 1.82) is 0 Å². The fraction of sp³-hybridized carbons (Fsp3) is 0.238. The van der Waals surface area contributed by atoms with Crippen molar-refractivity contribution in [3.63, 3.8) is 0 Å². The molecule has 0 radical (unpaired) electrons. The molecule has 0 spiro atoms. The minimum atomic E-state index is -3.87. The van der Waals surface area contributed by atoms with Gasteiger partial charge in [0.05, 0.1) is 5.69 Å². The van der Waals surface area contributed by atoms with Crippen molar-refractivity contribution >= 4 is 15.8 Å². The van der Waals surface area contributed by atoms with Gasteiger partial charge in [0.1, 0.15) is 4.75 Å². The van der Waals surface area contributed by atoms with E-state index in [2.05, 4.69) is 9.97 Å². The maximum Gasteiger partial charge on any atom is 0.218 e.